The molecule has 3 amide bonds. The second-order valence-electron chi connectivity index (χ2n) is 8.86. The molecule has 0 spiro atoms. The highest BCUT2D eigenvalue weighted by atomic mass is 35.5. The number of benzene rings is 2. The summed E-state index contributed by atoms with van der Waals surface area (Å²) in [5.74, 6) is 0.664. The van der Waals surface area contributed by atoms with Gasteiger partial charge in [0.05, 0.1) is 23.2 Å². The summed E-state index contributed by atoms with van der Waals surface area (Å²) in [5, 5.41) is 3.32. The van der Waals surface area contributed by atoms with Gasteiger partial charge in [0.15, 0.2) is 11.5 Å². The molecule has 35 heavy (non-hydrogen) atoms. The van der Waals surface area contributed by atoms with Crippen LogP contribution in [0.4, 0.5) is 11.4 Å². The molecule has 2 aromatic carbocycles. The SMILES string of the molecule is O=C(CN1CCN(C(=O)[C@@H]2CC(=O)N(c3ccc4c(c3)OCCO4)C2)CC1)Nc1ccccc1Cl. The number of carbonyl (C=O) groups is 3. The maximum absolute atomic E-state index is 13.2. The van der Waals surface area contributed by atoms with Gasteiger partial charge in [0.2, 0.25) is 17.7 Å². The lowest BCUT2D eigenvalue weighted by molar-refractivity contribution is -0.137. The molecule has 0 aromatic heterocycles. The summed E-state index contributed by atoms with van der Waals surface area (Å²) in [5.41, 5.74) is 1.30. The van der Waals surface area contributed by atoms with Crippen molar-refractivity contribution >= 4 is 40.7 Å². The van der Waals surface area contributed by atoms with E-state index in [4.69, 9.17) is 21.1 Å². The van der Waals surface area contributed by atoms with Crippen molar-refractivity contribution in [2.75, 3.05) is 62.7 Å². The molecule has 10 heteroatoms. The van der Waals surface area contributed by atoms with Crippen molar-refractivity contribution in [3.63, 3.8) is 0 Å². The van der Waals surface area contributed by atoms with Gasteiger partial charge in [-0.3, -0.25) is 19.3 Å². The first-order chi connectivity index (χ1) is 17.0. The minimum absolute atomic E-state index is 0.0152. The Bertz CT molecular complexity index is 1130. The molecule has 184 valence electrons. The van der Waals surface area contributed by atoms with Gasteiger partial charge < -0.3 is 24.6 Å². The monoisotopic (exact) mass is 498 g/mol. The smallest absolute Gasteiger partial charge is 0.238 e. The normalized spacial score (nSPS) is 20.1. The minimum atomic E-state index is -0.384. The molecular weight excluding hydrogens is 472 g/mol. The number of rotatable bonds is 5. The van der Waals surface area contributed by atoms with Crippen molar-refractivity contribution in [3.8, 4) is 11.5 Å². The third kappa shape index (κ3) is 5.21. The quantitative estimate of drug-likeness (QED) is 0.680. The first kappa shape index (κ1) is 23.4. The second kappa shape index (κ2) is 10.1. The van der Waals surface area contributed by atoms with Gasteiger partial charge in [0.1, 0.15) is 13.2 Å². The van der Waals surface area contributed by atoms with E-state index in [0.29, 0.717) is 73.8 Å². The van der Waals surface area contributed by atoms with Gasteiger partial charge in [-0.05, 0) is 24.3 Å². The van der Waals surface area contributed by atoms with E-state index in [-0.39, 0.29) is 36.6 Å². The number of anilines is 2. The van der Waals surface area contributed by atoms with Gasteiger partial charge in [0, 0.05) is 50.9 Å². The lowest BCUT2D eigenvalue weighted by atomic mass is 10.1. The summed E-state index contributed by atoms with van der Waals surface area (Å²) in [6.45, 7) is 3.77. The number of nitrogens with zero attached hydrogens (tertiary/aromatic N) is 3. The first-order valence-corrected chi connectivity index (χ1v) is 12.1. The third-order valence-electron chi connectivity index (χ3n) is 6.51. The summed E-state index contributed by atoms with van der Waals surface area (Å²) < 4.78 is 11.2. The number of hydrogen-bond donors (Lipinski definition) is 1. The lowest BCUT2D eigenvalue weighted by Crippen LogP contribution is -2.52. The number of fused-ring (bicyclic) bond motifs is 1. The van der Waals surface area contributed by atoms with E-state index in [1.165, 1.54) is 0 Å². The van der Waals surface area contributed by atoms with E-state index in [0.717, 1.165) is 0 Å². The van der Waals surface area contributed by atoms with Gasteiger partial charge in [-0.25, -0.2) is 0 Å². The van der Waals surface area contributed by atoms with Gasteiger partial charge in [-0.2, -0.15) is 0 Å². The number of halogens is 1. The molecular formula is C25H27ClN4O5. The zero-order chi connectivity index (χ0) is 24.4. The number of ether oxygens (including phenoxy) is 2. The van der Waals surface area contributed by atoms with Crippen LogP contribution in [-0.4, -0.2) is 80.0 Å². The molecule has 1 N–H and O–H groups in total. The van der Waals surface area contributed by atoms with E-state index in [1.54, 1.807) is 34.1 Å². The molecule has 0 bridgehead atoms. The number of carbonyl (C=O) groups excluding carboxylic acids is 3. The Labute approximate surface area is 208 Å². The molecule has 3 aliphatic rings. The molecule has 9 nitrogen and oxygen atoms in total. The Balaban J connectivity index is 1.12. The van der Waals surface area contributed by atoms with Crippen LogP contribution in [0.3, 0.4) is 0 Å². The molecule has 2 fully saturated rings. The minimum Gasteiger partial charge on any atom is -0.486 e. The standard InChI is InChI=1S/C25H27ClN4O5/c26-19-3-1-2-4-20(19)27-23(31)16-28-7-9-29(10-8-28)25(33)17-13-24(32)30(15-17)18-5-6-21-22(14-18)35-12-11-34-21/h1-6,14,17H,7-13,15-16H2,(H,27,31)/t17-/m1/s1. The number of amides is 3. The number of piperazine rings is 1. The molecule has 2 saturated heterocycles. The van der Waals surface area contributed by atoms with Gasteiger partial charge in [-0.15, -0.1) is 0 Å². The van der Waals surface area contributed by atoms with Crippen LogP contribution >= 0.6 is 11.6 Å². The number of nitrogens with one attached hydrogen (secondary N) is 1. The van der Waals surface area contributed by atoms with Crippen LogP contribution in [0.2, 0.25) is 5.02 Å². The number of para-hydroxylation sites is 1. The van der Waals surface area contributed by atoms with Crippen LogP contribution in [-0.2, 0) is 14.4 Å². The van der Waals surface area contributed by atoms with Crippen molar-refractivity contribution < 1.29 is 23.9 Å². The molecule has 0 aliphatic carbocycles. The molecule has 0 unspecified atom stereocenters. The van der Waals surface area contributed by atoms with Crippen molar-refractivity contribution in [3.05, 3.63) is 47.5 Å². The molecule has 5 rings (SSSR count). The van der Waals surface area contributed by atoms with Gasteiger partial charge in [-0.1, -0.05) is 23.7 Å². The van der Waals surface area contributed by atoms with Crippen molar-refractivity contribution in [1.82, 2.24) is 9.80 Å². The summed E-state index contributed by atoms with van der Waals surface area (Å²) >= 11 is 6.11. The molecule has 2 aromatic rings. The van der Waals surface area contributed by atoms with Crippen LogP contribution in [0.15, 0.2) is 42.5 Å². The van der Waals surface area contributed by atoms with Crippen LogP contribution in [0.5, 0.6) is 11.5 Å². The van der Waals surface area contributed by atoms with E-state index in [1.807, 2.05) is 23.1 Å². The van der Waals surface area contributed by atoms with Crippen molar-refractivity contribution in [1.29, 1.82) is 0 Å². The predicted molar refractivity (Wildman–Crippen MR) is 131 cm³/mol. The average Bonchev–Trinajstić information content (AvgIpc) is 3.26. The highest BCUT2D eigenvalue weighted by Crippen LogP contribution is 2.36. The van der Waals surface area contributed by atoms with Crippen LogP contribution in [0, 0.1) is 5.92 Å². The van der Waals surface area contributed by atoms with E-state index >= 15 is 0 Å². The Morgan fingerprint density at radius 3 is 2.51 bits per heavy atom. The topological polar surface area (TPSA) is 91.4 Å². The second-order valence-corrected chi connectivity index (χ2v) is 9.27. The van der Waals surface area contributed by atoms with Crippen molar-refractivity contribution in [2.45, 2.75) is 6.42 Å². The molecule has 3 aliphatic heterocycles. The fourth-order valence-corrected chi connectivity index (χ4v) is 4.85. The highest BCUT2D eigenvalue weighted by molar-refractivity contribution is 6.33. The largest absolute Gasteiger partial charge is 0.486 e. The predicted octanol–water partition coefficient (Wildman–Crippen LogP) is 2.25. The Morgan fingerprint density at radius 1 is 1.00 bits per heavy atom. The first-order valence-electron chi connectivity index (χ1n) is 11.7. The van der Waals surface area contributed by atoms with E-state index in [2.05, 4.69) is 5.32 Å². The van der Waals surface area contributed by atoms with E-state index < -0.39 is 0 Å². The average molecular weight is 499 g/mol. The molecule has 3 heterocycles. The lowest BCUT2D eigenvalue weighted by Gasteiger charge is -2.35. The third-order valence-corrected chi connectivity index (χ3v) is 6.84. The summed E-state index contributed by atoms with van der Waals surface area (Å²) in [7, 11) is 0. The summed E-state index contributed by atoms with van der Waals surface area (Å²) in [4.78, 5) is 43.7. The molecule has 0 radical (unpaired) electrons. The van der Waals surface area contributed by atoms with Crippen LogP contribution < -0.4 is 19.7 Å². The van der Waals surface area contributed by atoms with Crippen LogP contribution in [0.25, 0.3) is 0 Å². The highest BCUT2D eigenvalue weighted by Gasteiger charge is 2.38. The van der Waals surface area contributed by atoms with Crippen LogP contribution in [0.1, 0.15) is 6.42 Å². The number of hydrogen-bond acceptors (Lipinski definition) is 6. The Morgan fingerprint density at radius 2 is 1.74 bits per heavy atom. The zero-order valence-corrected chi connectivity index (χ0v) is 20.0. The fourth-order valence-electron chi connectivity index (χ4n) is 4.66. The van der Waals surface area contributed by atoms with Crippen molar-refractivity contribution in [2.24, 2.45) is 5.92 Å². The molecule has 0 saturated carbocycles. The fraction of sp³-hybridized carbons (Fsp3) is 0.400. The van der Waals surface area contributed by atoms with Gasteiger partial charge >= 0.3 is 0 Å². The van der Waals surface area contributed by atoms with Gasteiger partial charge in [0.25, 0.3) is 0 Å². The Kier molecular flexibility index (Phi) is 6.79. The summed E-state index contributed by atoms with van der Waals surface area (Å²) in [6.07, 6.45) is 0.188. The maximum atomic E-state index is 13.2. The summed E-state index contributed by atoms with van der Waals surface area (Å²) in [6, 6.07) is 12.5. The van der Waals surface area contributed by atoms with E-state index in [9.17, 15) is 14.4 Å². The molecule has 1 atom stereocenters. The Hall–Kier alpha value is -3.30. The maximum Gasteiger partial charge on any atom is 0.238 e. The zero-order valence-electron chi connectivity index (χ0n) is 19.2.